The first-order chi connectivity index (χ1) is 6.74. The van der Waals surface area contributed by atoms with Crippen LogP contribution in [0.4, 0.5) is 0 Å². The molecular weight excluding hydrogens is 182 g/mol. The largest absolute Gasteiger partial charge is 0.508 e. The topological polar surface area (TPSA) is 72.7 Å². The van der Waals surface area contributed by atoms with Gasteiger partial charge < -0.3 is 15.4 Å². The highest BCUT2D eigenvalue weighted by molar-refractivity contribution is 5.27. The number of phenols is 1. The van der Waals surface area contributed by atoms with Crippen LogP contribution in [0.5, 0.6) is 5.75 Å². The molecule has 0 amide bonds. The molecule has 0 aliphatic rings. The number of phenolic OH excluding ortho intramolecular Hbond substituents is 1. The molecule has 1 aromatic carbocycles. The molecule has 0 saturated heterocycles. The summed E-state index contributed by atoms with van der Waals surface area (Å²) >= 11 is 0. The Hall–Kier alpha value is -1.10. The zero-order valence-corrected chi connectivity index (χ0v) is 7.85. The maximum atomic E-state index is 9.65. The minimum Gasteiger partial charge on any atom is -0.508 e. The van der Waals surface area contributed by atoms with Crippen LogP contribution in [0.2, 0.25) is 0 Å². The van der Waals surface area contributed by atoms with E-state index in [9.17, 15) is 5.11 Å². The van der Waals surface area contributed by atoms with Crippen molar-refractivity contribution in [3.05, 3.63) is 29.8 Å². The van der Waals surface area contributed by atoms with Crippen LogP contribution in [-0.4, -0.2) is 22.0 Å². The van der Waals surface area contributed by atoms with E-state index in [-0.39, 0.29) is 5.75 Å². The Kier molecular flexibility index (Phi) is 4.39. The summed E-state index contributed by atoms with van der Waals surface area (Å²) in [6, 6.07) is 6.46. The first-order valence-corrected chi connectivity index (χ1v) is 4.58. The quantitative estimate of drug-likeness (QED) is 0.422. The lowest BCUT2D eigenvalue weighted by Gasteiger charge is -2.10. The van der Waals surface area contributed by atoms with Crippen LogP contribution >= 0.6 is 0 Å². The molecule has 0 fully saturated rings. The molecule has 1 atom stereocenters. The lowest BCUT2D eigenvalue weighted by Crippen LogP contribution is -2.10. The lowest BCUT2D eigenvalue weighted by atomic mass is 10.1. The van der Waals surface area contributed by atoms with Gasteiger partial charge in [0.2, 0.25) is 0 Å². The minimum atomic E-state index is -0.538. The molecule has 1 rings (SSSR count). The van der Waals surface area contributed by atoms with Crippen LogP contribution < -0.4 is 5.48 Å². The molecular formula is C10H15NO3. The highest BCUT2D eigenvalue weighted by Crippen LogP contribution is 2.20. The minimum absolute atomic E-state index is 0.193. The second-order valence-corrected chi connectivity index (χ2v) is 3.16. The van der Waals surface area contributed by atoms with Crippen molar-refractivity contribution in [1.29, 1.82) is 0 Å². The van der Waals surface area contributed by atoms with E-state index in [2.05, 4.69) is 0 Å². The molecule has 14 heavy (non-hydrogen) atoms. The normalized spacial score (nSPS) is 12.7. The predicted octanol–water partition coefficient (Wildman–Crippen LogP) is 1.18. The second-order valence-electron chi connectivity index (χ2n) is 3.16. The monoisotopic (exact) mass is 197 g/mol. The molecule has 4 N–H and O–H groups in total. The fourth-order valence-corrected chi connectivity index (χ4v) is 1.24. The van der Waals surface area contributed by atoms with Gasteiger partial charge in [-0.05, 0) is 30.5 Å². The highest BCUT2D eigenvalue weighted by Gasteiger charge is 2.06. The molecule has 4 nitrogen and oxygen atoms in total. The van der Waals surface area contributed by atoms with Crippen molar-refractivity contribution in [1.82, 2.24) is 5.48 Å². The smallest absolute Gasteiger partial charge is 0.115 e. The summed E-state index contributed by atoms with van der Waals surface area (Å²) < 4.78 is 0. The van der Waals surface area contributed by atoms with E-state index >= 15 is 0 Å². The lowest BCUT2D eigenvalue weighted by molar-refractivity contribution is 0.139. The van der Waals surface area contributed by atoms with Crippen LogP contribution in [0.15, 0.2) is 24.3 Å². The predicted molar refractivity (Wildman–Crippen MR) is 52.1 cm³/mol. The maximum absolute atomic E-state index is 9.65. The molecule has 1 aromatic rings. The Bertz CT molecular complexity index is 261. The Morgan fingerprint density at radius 2 is 1.86 bits per heavy atom. The van der Waals surface area contributed by atoms with E-state index in [4.69, 9.17) is 10.3 Å². The van der Waals surface area contributed by atoms with Crippen LogP contribution in [0.3, 0.4) is 0 Å². The molecule has 78 valence electrons. The second kappa shape index (κ2) is 5.59. The van der Waals surface area contributed by atoms with Crippen molar-refractivity contribution in [3.63, 3.8) is 0 Å². The van der Waals surface area contributed by atoms with Gasteiger partial charge in [0.15, 0.2) is 0 Å². The summed E-state index contributed by atoms with van der Waals surface area (Å²) in [6.07, 6.45) is 0.737. The average molecular weight is 197 g/mol. The van der Waals surface area contributed by atoms with E-state index in [1.165, 1.54) is 0 Å². The van der Waals surface area contributed by atoms with Gasteiger partial charge in [-0.2, -0.15) is 0 Å². The molecule has 0 saturated carbocycles. The summed E-state index contributed by atoms with van der Waals surface area (Å²) in [5, 5.41) is 27.0. The number of benzene rings is 1. The number of hydrogen-bond acceptors (Lipinski definition) is 4. The Labute approximate surface area is 82.8 Å². The van der Waals surface area contributed by atoms with Gasteiger partial charge in [-0.15, -0.1) is 0 Å². The number of nitrogens with one attached hydrogen (secondary N) is 1. The van der Waals surface area contributed by atoms with Crippen molar-refractivity contribution in [2.45, 2.75) is 18.9 Å². The molecule has 0 heterocycles. The number of aromatic hydroxyl groups is 1. The Morgan fingerprint density at radius 1 is 1.21 bits per heavy atom. The molecule has 4 heteroatoms. The van der Waals surface area contributed by atoms with E-state index in [0.29, 0.717) is 19.4 Å². The van der Waals surface area contributed by atoms with Crippen molar-refractivity contribution < 1.29 is 15.4 Å². The first-order valence-electron chi connectivity index (χ1n) is 4.58. The summed E-state index contributed by atoms with van der Waals surface area (Å²) in [5.41, 5.74) is 2.81. The van der Waals surface area contributed by atoms with Crippen LogP contribution in [0.25, 0.3) is 0 Å². The van der Waals surface area contributed by atoms with Gasteiger partial charge >= 0.3 is 0 Å². The number of hydrogen-bond donors (Lipinski definition) is 4. The molecule has 0 spiro atoms. The fraction of sp³-hybridized carbons (Fsp3) is 0.400. The van der Waals surface area contributed by atoms with Crippen molar-refractivity contribution >= 4 is 0 Å². The molecule has 0 radical (unpaired) electrons. The molecule has 1 unspecified atom stereocenters. The van der Waals surface area contributed by atoms with Gasteiger partial charge in [-0.1, -0.05) is 12.1 Å². The molecule has 0 aromatic heterocycles. The summed E-state index contributed by atoms with van der Waals surface area (Å²) in [4.78, 5) is 0. The molecule has 0 bridgehead atoms. The van der Waals surface area contributed by atoms with E-state index in [1.54, 1.807) is 24.3 Å². The van der Waals surface area contributed by atoms with Gasteiger partial charge in [0.05, 0.1) is 6.10 Å². The van der Waals surface area contributed by atoms with Gasteiger partial charge in [0.1, 0.15) is 5.75 Å². The number of rotatable bonds is 5. The van der Waals surface area contributed by atoms with Crippen molar-refractivity contribution in [2.75, 3.05) is 6.54 Å². The zero-order valence-electron chi connectivity index (χ0n) is 7.85. The molecule has 0 aliphatic carbocycles. The highest BCUT2D eigenvalue weighted by atomic mass is 16.5. The number of hydroxylamine groups is 1. The first kappa shape index (κ1) is 11.0. The Balaban J connectivity index is 2.43. The third kappa shape index (κ3) is 3.33. The van der Waals surface area contributed by atoms with Crippen LogP contribution in [0.1, 0.15) is 24.5 Å². The van der Waals surface area contributed by atoms with Crippen molar-refractivity contribution in [2.24, 2.45) is 0 Å². The van der Waals surface area contributed by atoms with Crippen LogP contribution in [-0.2, 0) is 0 Å². The third-order valence-corrected chi connectivity index (χ3v) is 2.04. The standard InChI is InChI=1S/C10H15NO3/c12-9-5-3-8(4-6-9)10(13)2-1-7-11-14/h3-6,10-14H,1-2,7H2. The maximum Gasteiger partial charge on any atom is 0.115 e. The SMILES string of the molecule is ONCCCC(O)c1ccc(O)cc1. The summed E-state index contributed by atoms with van der Waals surface area (Å²) in [5.74, 6) is 0.193. The fourth-order valence-electron chi connectivity index (χ4n) is 1.24. The third-order valence-electron chi connectivity index (χ3n) is 2.04. The molecule has 0 aliphatic heterocycles. The average Bonchev–Trinajstić information content (AvgIpc) is 2.19. The van der Waals surface area contributed by atoms with Crippen LogP contribution in [0, 0.1) is 0 Å². The van der Waals surface area contributed by atoms with E-state index < -0.39 is 6.10 Å². The number of aliphatic hydroxyl groups excluding tert-OH is 1. The van der Waals surface area contributed by atoms with Gasteiger partial charge in [0, 0.05) is 6.54 Å². The Morgan fingerprint density at radius 3 is 2.43 bits per heavy atom. The zero-order chi connectivity index (χ0) is 10.4. The van der Waals surface area contributed by atoms with E-state index in [0.717, 1.165) is 5.56 Å². The van der Waals surface area contributed by atoms with Crippen molar-refractivity contribution in [3.8, 4) is 5.75 Å². The van der Waals surface area contributed by atoms with Gasteiger partial charge in [0.25, 0.3) is 0 Å². The van der Waals surface area contributed by atoms with Gasteiger partial charge in [-0.3, -0.25) is 0 Å². The number of aliphatic hydroxyl groups is 1. The van der Waals surface area contributed by atoms with E-state index in [1.807, 2.05) is 5.48 Å². The summed E-state index contributed by atoms with van der Waals surface area (Å²) in [7, 11) is 0. The van der Waals surface area contributed by atoms with Gasteiger partial charge in [-0.25, -0.2) is 5.48 Å². The summed E-state index contributed by atoms with van der Waals surface area (Å²) in [6.45, 7) is 0.467.